The molecule has 3 nitrogen and oxygen atoms in total. The molecule has 106 valence electrons. The van der Waals surface area contributed by atoms with Gasteiger partial charge in [-0.3, -0.25) is 4.98 Å². The first kappa shape index (κ1) is 15.3. The van der Waals surface area contributed by atoms with Crippen molar-refractivity contribution >= 4 is 27.5 Å². The first-order valence-electron chi connectivity index (χ1n) is 6.39. The minimum atomic E-state index is -0.271. The van der Waals surface area contributed by atoms with E-state index in [1.807, 2.05) is 31.2 Å². The van der Waals surface area contributed by atoms with Gasteiger partial charge in [0, 0.05) is 28.5 Å². The molecule has 0 amide bonds. The maximum absolute atomic E-state index is 6.20. The van der Waals surface area contributed by atoms with Gasteiger partial charge in [-0.05, 0) is 30.7 Å². The maximum Gasteiger partial charge on any atom is 0.140 e. The average molecular weight is 356 g/mol. The number of halogens is 2. The zero-order chi connectivity index (χ0) is 14.5. The van der Waals surface area contributed by atoms with Crippen molar-refractivity contribution < 1.29 is 4.74 Å². The molecule has 2 N–H and O–H groups in total. The first-order valence-corrected chi connectivity index (χ1v) is 7.56. The number of hydrogen-bond acceptors (Lipinski definition) is 3. The first-order chi connectivity index (χ1) is 9.61. The summed E-state index contributed by atoms with van der Waals surface area (Å²) in [5.41, 5.74) is 7.12. The Morgan fingerprint density at radius 3 is 2.80 bits per heavy atom. The van der Waals surface area contributed by atoms with Gasteiger partial charge in [0.1, 0.15) is 11.9 Å². The molecule has 1 heterocycles. The highest BCUT2D eigenvalue weighted by atomic mass is 79.9. The molecule has 2 unspecified atom stereocenters. The monoisotopic (exact) mass is 354 g/mol. The molecular weight excluding hydrogens is 340 g/mol. The quantitative estimate of drug-likeness (QED) is 0.867. The van der Waals surface area contributed by atoms with E-state index in [0.717, 1.165) is 16.5 Å². The normalized spacial score (nSPS) is 13.8. The molecular formula is C15H16BrClN2O. The fourth-order valence-corrected chi connectivity index (χ4v) is 2.59. The Morgan fingerprint density at radius 1 is 1.40 bits per heavy atom. The van der Waals surface area contributed by atoms with Crippen LogP contribution in [0.5, 0.6) is 5.75 Å². The topological polar surface area (TPSA) is 48.1 Å². The minimum absolute atomic E-state index is 0.126. The summed E-state index contributed by atoms with van der Waals surface area (Å²) in [5, 5.41) is 0.552. The van der Waals surface area contributed by atoms with Crippen molar-refractivity contribution in [3.8, 4) is 5.75 Å². The van der Waals surface area contributed by atoms with E-state index in [4.69, 9.17) is 22.1 Å². The molecule has 1 aromatic heterocycles. The van der Waals surface area contributed by atoms with Crippen molar-refractivity contribution in [2.45, 2.75) is 25.5 Å². The number of hydrogen-bond donors (Lipinski definition) is 1. The van der Waals surface area contributed by atoms with Gasteiger partial charge in [-0.2, -0.15) is 0 Å². The molecule has 0 aliphatic heterocycles. The fourth-order valence-electron chi connectivity index (χ4n) is 1.87. The van der Waals surface area contributed by atoms with Crippen LogP contribution in [0.3, 0.4) is 0 Å². The van der Waals surface area contributed by atoms with E-state index in [1.54, 1.807) is 18.5 Å². The highest BCUT2D eigenvalue weighted by molar-refractivity contribution is 9.10. The Labute approximate surface area is 132 Å². The zero-order valence-electron chi connectivity index (χ0n) is 11.1. The third-order valence-corrected chi connectivity index (χ3v) is 3.81. The van der Waals surface area contributed by atoms with E-state index >= 15 is 0 Å². The standard InChI is InChI=1S/C15H16BrClN2O/c1-2-13(18)15(10-4-3-7-19-9-10)20-14-6-5-11(16)8-12(14)17/h3-9,13,15H,2,18H2,1H3. The summed E-state index contributed by atoms with van der Waals surface area (Å²) in [6, 6.07) is 9.22. The lowest BCUT2D eigenvalue weighted by Crippen LogP contribution is -2.31. The molecule has 0 spiro atoms. The van der Waals surface area contributed by atoms with Crippen molar-refractivity contribution in [3.05, 3.63) is 57.8 Å². The smallest absolute Gasteiger partial charge is 0.140 e. The predicted molar refractivity (Wildman–Crippen MR) is 85.0 cm³/mol. The molecule has 2 atom stereocenters. The van der Waals surface area contributed by atoms with E-state index in [9.17, 15) is 0 Å². The maximum atomic E-state index is 6.20. The average Bonchev–Trinajstić information content (AvgIpc) is 2.46. The second-order valence-electron chi connectivity index (χ2n) is 4.47. The third kappa shape index (κ3) is 3.72. The molecule has 0 saturated heterocycles. The van der Waals surface area contributed by atoms with E-state index in [1.165, 1.54) is 0 Å². The molecule has 2 aromatic rings. The lowest BCUT2D eigenvalue weighted by atomic mass is 10.0. The number of rotatable bonds is 5. The van der Waals surface area contributed by atoms with Gasteiger partial charge in [0.05, 0.1) is 5.02 Å². The number of pyridine rings is 1. The van der Waals surface area contributed by atoms with Gasteiger partial charge in [-0.1, -0.05) is 40.5 Å². The van der Waals surface area contributed by atoms with E-state index in [-0.39, 0.29) is 12.1 Å². The van der Waals surface area contributed by atoms with Gasteiger partial charge in [0.2, 0.25) is 0 Å². The Balaban J connectivity index is 2.29. The third-order valence-electron chi connectivity index (χ3n) is 3.02. The second-order valence-corrected chi connectivity index (χ2v) is 5.79. The summed E-state index contributed by atoms with van der Waals surface area (Å²) in [4.78, 5) is 4.12. The van der Waals surface area contributed by atoms with Crippen molar-refractivity contribution in [2.24, 2.45) is 5.73 Å². The molecule has 0 aliphatic carbocycles. The summed E-state index contributed by atoms with van der Waals surface area (Å²) in [6.07, 6.45) is 4.03. The molecule has 0 fully saturated rings. The van der Waals surface area contributed by atoms with Crippen LogP contribution in [0.15, 0.2) is 47.2 Å². The summed E-state index contributed by atoms with van der Waals surface area (Å²) in [6.45, 7) is 2.03. The zero-order valence-corrected chi connectivity index (χ0v) is 13.4. The minimum Gasteiger partial charge on any atom is -0.482 e. The Kier molecular flexibility index (Phi) is 5.40. The number of benzene rings is 1. The summed E-state index contributed by atoms with van der Waals surface area (Å²) in [5.74, 6) is 0.618. The summed E-state index contributed by atoms with van der Waals surface area (Å²) >= 11 is 9.57. The van der Waals surface area contributed by atoms with Crippen LogP contribution in [-0.2, 0) is 0 Å². The number of nitrogens with two attached hydrogens (primary N) is 1. The van der Waals surface area contributed by atoms with E-state index in [2.05, 4.69) is 20.9 Å². The number of nitrogens with zero attached hydrogens (tertiary/aromatic N) is 1. The van der Waals surface area contributed by atoms with Crippen LogP contribution in [0.4, 0.5) is 0 Å². The highest BCUT2D eigenvalue weighted by Gasteiger charge is 2.21. The van der Waals surface area contributed by atoms with E-state index in [0.29, 0.717) is 10.8 Å². The summed E-state index contributed by atoms with van der Waals surface area (Å²) in [7, 11) is 0. The van der Waals surface area contributed by atoms with Gasteiger partial charge in [-0.25, -0.2) is 0 Å². The summed E-state index contributed by atoms with van der Waals surface area (Å²) < 4.78 is 6.93. The van der Waals surface area contributed by atoms with Crippen LogP contribution in [0.25, 0.3) is 0 Å². The van der Waals surface area contributed by atoms with Crippen LogP contribution in [0.1, 0.15) is 25.0 Å². The molecule has 0 radical (unpaired) electrons. The molecule has 0 bridgehead atoms. The van der Waals surface area contributed by atoms with Gasteiger partial charge in [-0.15, -0.1) is 0 Å². The molecule has 2 rings (SSSR count). The van der Waals surface area contributed by atoms with Crippen LogP contribution in [0.2, 0.25) is 5.02 Å². The Bertz CT molecular complexity index is 565. The van der Waals surface area contributed by atoms with Gasteiger partial charge in [0.15, 0.2) is 0 Å². The van der Waals surface area contributed by atoms with Crippen molar-refractivity contribution in [1.82, 2.24) is 4.98 Å². The molecule has 0 aliphatic rings. The SMILES string of the molecule is CCC(N)C(Oc1ccc(Br)cc1Cl)c1cccnc1. The van der Waals surface area contributed by atoms with E-state index < -0.39 is 0 Å². The fraction of sp³-hybridized carbons (Fsp3) is 0.267. The number of ether oxygens (including phenoxy) is 1. The van der Waals surface area contributed by atoms with Gasteiger partial charge >= 0.3 is 0 Å². The largest absolute Gasteiger partial charge is 0.482 e. The van der Waals surface area contributed by atoms with Crippen LogP contribution >= 0.6 is 27.5 Å². The highest BCUT2D eigenvalue weighted by Crippen LogP contribution is 2.32. The van der Waals surface area contributed by atoms with Gasteiger partial charge in [0.25, 0.3) is 0 Å². The van der Waals surface area contributed by atoms with Crippen molar-refractivity contribution in [2.75, 3.05) is 0 Å². The van der Waals surface area contributed by atoms with Crippen LogP contribution in [-0.4, -0.2) is 11.0 Å². The van der Waals surface area contributed by atoms with Gasteiger partial charge < -0.3 is 10.5 Å². The van der Waals surface area contributed by atoms with Crippen molar-refractivity contribution in [3.63, 3.8) is 0 Å². The number of aromatic nitrogens is 1. The Hall–Kier alpha value is -1.10. The van der Waals surface area contributed by atoms with Crippen LogP contribution < -0.4 is 10.5 Å². The molecule has 20 heavy (non-hydrogen) atoms. The molecule has 0 saturated carbocycles. The van der Waals surface area contributed by atoms with Crippen molar-refractivity contribution in [1.29, 1.82) is 0 Å². The Morgan fingerprint density at radius 2 is 2.20 bits per heavy atom. The second kappa shape index (κ2) is 7.07. The lowest BCUT2D eigenvalue weighted by molar-refractivity contribution is 0.171. The molecule has 5 heteroatoms. The molecule has 1 aromatic carbocycles. The van der Waals surface area contributed by atoms with Crippen LogP contribution in [0, 0.1) is 0 Å². The lowest BCUT2D eigenvalue weighted by Gasteiger charge is -2.25. The predicted octanol–water partition coefficient (Wildman–Crippen LogP) is 4.35.